The SMILES string of the molecule is CC(=O)N1CCN(C(=O)Cc2csc(NC(=O)Nc3ccc(Cl)cc3)n2)CC1. The fraction of sp³-hybridized carbons (Fsp3) is 0.333. The summed E-state index contributed by atoms with van der Waals surface area (Å²) >= 11 is 7.07. The molecule has 0 saturated carbocycles. The van der Waals surface area contributed by atoms with E-state index in [-0.39, 0.29) is 18.2 Å². The van der Waals surface area contributed by atoms with Gasteiger partial charge in [-0.2, -0.15) is 0 Å². The third kappa shape index (κ3) is 5.43. The maximum absolute atomic E-state index is 12.4. The Kier molecular flexibility index (Phi) is 6.48. The van der Waals surface area contributed by atoms with E-state index in [4.69, 9.17) is 11.6 Å². The Labute approximate surface area is 171 Å². The van der Waals surface area contributed by atoms with Crippen LogP contribution in [-0.2, 0) is 16.0 Å². The monoisotopic (exact) mass is 421 g/mol. The predicted molar refractivity (Wildman–Crippen MR) is 109 cm³/mol. The Morgan fingerprint density at radius 3 is 2.36 bits per heavy atom. The summed E-state index contributed by atoms with van der Waals surface area (Å²) < 4.78 is 0. The van der Waals surface area contributed by atoms with Crippen LogP contribution in [0.5, 0.6) is 0 Å². The van der Waals surface area contributed by atoms with E-state index in [1.54, 1.807) is 39.4 Å². The number of benzene rings is 1. The fourth-order valence-electron chi connectivity index (χ4n) is 2.78. The number of hydrogen-bond acceptors (Lipinski definition) is 5. The van der Waals surface area contributed by atoms with Crippen molar-refractivity contribution in [3.05, 3.63) is 40.4 Å². The first kappa shape index (κ1) is 20.1. The van der Waals surface area contributed by atoms with Gasteiger partial charge in [0.1, 0.15) is 0 Å². The number of thiazole rings is 1. The molecule has 10 heteroatoms. The predicted octanol–water partition coefficient (Wildman–Crippen LogP) is 2.67. The second-order valence-electron chi connectivity index (χ2n) is 6.29. The average Bonchev–Trinajstić information content (AvgIpc) is 3.10. The summed E-state index contributed by atoms with van der Waals surface area (Å²) in [6.45, 7) is 3.68. The number of nitrogens with zero attached hydrogens (tertiary/aromatic N) is 3. The minimum Gasteiger partial charge on any atom is -0.339 e. The molecule has 2 N–H and O–H groups in total. The Hall–Kier alpha value is -2.65. The van der Waals surface area contributed by atoms with E-state index < -0.39 is 6.03 Å². The molecule has 28 heavy (non-hydrogen) atoms. The molecule has 1 saturated heterocycles. The van der Waals surface area contributed by atoms with Crippen LogP contribution in [-0.4, -0.2) is 58.8 Å². The highest BCUT2D eigenvalue weighted by molar-refractivity contribution is 7.14. The largest absolute Gasteiger partial charge is 0.339 e. The molecule has 8 nitrogen and oxygen atoms in total. The molecule has 0 bridgehead atoms. The summed E-state index contributed by atoms with van der Waals surface area (Å²) in [5.74, 6) is -0.00939. The molecule has 3 rings (SSSR count). The first-order chi connectivity index (χ1) is 13.4. The first-order valence-electron chi connectivity index (χ1n) is 8.72. The number of hydrogen-bond donors (Lipinski definition) is 2. The molecule has 1 fully saturated rings. The number of aromatic nitrogens is 1. The number of anilines is 2. The van der Waals surface area contributed by atoms with Gasteiger partial charge in [-0.15, -0.1) is 11.3 Å². The van der Waals surface area contributed by atoms with Crippen LogP contribution >= 0.6 is 22.9 Å². The molecule has 0 radical (unpaired) electrons. The van der Waals surface area contributed by atoms with Gasteiger partial charge in [0.15, 0.2) is 5.13 Å². The Bertz CT molecular complexity index is 862. The van der Waals surface area contributed by atoms with Crippen LogP contribution in [0.4, 0.5) is 15.6 Å². The average molecular weight is 422 g/mol. The molecular formula is C18H20ClN5O3S. The highest BCUT2D eigenvalue weighted by atomic mass is 35.5. The van der Waals surface area contributed by atoms with E-state index in [1.807, 2.05) is 0 Å². The third-order valence-electron chi connectivity index (χ3n) is 4.28. The summed E-state index contributed by atoms with van der Waals surface area (Å²) in [4.78, 5) is 43.6. The van der Waals surface area contributed by atoms with Crippen LogP contribution in [0.25, 0.3) is 0 Å². The third-order valence-corrected chi connectivity index (χ3v) is 5.34. The smallest absolute Gasteiger partial charge is 0.325 e. The first-order valence-corrected chi connectivity index (χ1v) is 9.98. The van der Waals surface area contributed by atoms with Crippen LogP contribution in [0.2, 0.25) is 5.02 Å². The molecule has 2 heterocycles. The van der Waals surface area contributed by atoms with Crippen molar-refractivity contribution < 1.29 is 14.4 Å². The number of halogens is 1. The van der Waals surface area contributed by atoms with Crippen molar-refractivity contribution >= 4 is 51.6 Å². The Morgan fingerprint density at radius 2 is 1.71 bits per heavy atom. The standard InChI is InChI=1S/C18H20ClN5O3S/c1-12(25)23-6-8-24(9-7-23)16(26)10-15-11-28-18(21-15)22-17(27)20-14-4-2-13(19)3-5-14/h2-5,11H,6-10H2,1H3,(H2,20,21,22,27). The number of nitrogens with one attached hydrogen (secondary N) is 2. The zero-order chi connectivity index (χ0) is 20.1. The van der Waals surface area contributed by atoms with E-state index in [1.165, 1.54) is 18.3 Å². The second kappa shape index (κ2) is 9.03. The van der Waals surface area contributed by atoms with E-state index in [0.717, 1.165) is 0 Å². The summed E-state index contributed by atoms with van der Waals surface area (Å²) in [6, 6.07) is 6.33. The van der Waals surface area contributed by atoms with E-state index in [9.17, 15) is 14.4 Å². The highest BCUT2D eigenvalue weighted by Gasteiger charge is 2.23. The van der Waals surface area contributed by atoms with Gasteiger partial charge >= 0.3 is 6.03 Å². The molecular weight excluding hydrogens is 402 g/mol. The summed E-state index contributed by atoms with van der Waals surface area (Å²) in [5, 5.41) is 8.09. The zero-order valence-electron chi connectivity index (χ0n) is 15.3. The summed E-state index contributed by atoms with van der Waals surface area (Å²) in [6.07, 6.45) is 0.164. The van der Waals surface area contributed by atoms with Crippen molar-refractivity contribution in [1.82, 2.24) is 14.8 Å². The lowest BCUT2D eigenvalue weighted by molar-refractivity contribution is -0.138. The maximum Gasteiger partial charge on any atom is 0.325 e. The minimum absolute atomic E-state index is 0.0270. The van der Waals surface area contributed by atoms with E-state index in [0.29, 0.717) is 47.7 Å². The van der Waals surface area contributed by atoms with Gasteiger partial charge in [-0.25, -0.2) is 9.78 Å². The molecule has 148 valence electrons. The number of rotatable bonds is 4. The Morgan fingerprint density at radius 1 is 1.07 bits per heavy atom. The fourth-order valence-corrected chi connectivity index (χ4v) is 3.61. The quantitative estimate of drug-likeness (QED) is 0.793. The van der Waals surface area contributed by atoms with Crippen molar-refractivity contribution in [2.45, 2.75) is 13.3 Å². The molecule has 1 aliphatic heterocycles. The topological polar surface area (TPSA) is 94.6 Å². The number of carbonyl (C=O) groups excluding carboxylic acids is 3. The Balaban J connectivity index is 1.48. The minimum atomic E-state index is -0.421. The highest BCUT2D eigenvalue weighted by Crippen LogP contribution is 2.18. The van der Waals surface area contributed by atoms with E-state index >= 15 is 0 Å². The number of carbonyl (C=O) groups is 3. The zero-order valence-corrected chi connectivity index (χ0v) is 16.8. The number of urea groups is 1. The second-order valence-corrected chi connectivity index (χ2v) is 7.59. The molecule has 0 atom stereocenters. The van der Waals surface area contributed by atoms with Crippen LogP contribution in [0.15, 0.2) is 29.6 Å². The van der Waals surface area contributed by atoms with Crippen molar-refractivity contribution in [2.24, 2.45) is 0 Å². The molecule has 0 aliphatic carbocycles. The summed E-state index contributed by atoms with van der Waals surface area (Å²) in [7, 11) is 0. The van der Waals surface area contributed by atoms with Gasteiger partial charge in [-0.1, -0.05) is 11.6 Å². The van der Waals surface area contributed by atoms with Gasteiger partial charge < -0.3 is 15.1 Å². The van der Waals surface area contributed by atoms with Gasteiger partial charge in [0, 0.05) is 49.2 Å². The number of amides is 4. The lowest BCUT2D eigenvalue weighted by Gasteiger charge is -2.34. The van der Waals surface area contributed by atoms with Crippen molar-refractivity contribution in [1.29, 1.82) is 0 Å². The number of piperazine rings is 1. The molecule has 2 aromatic rings. The summed E-state index contributed by atoms with van der Waals surface area (Å²) in [5.41, 5.74) is 1.21. The van der Waals surface area contributed by atoms with Crippen LogP contribution in [0.1, 0.15) is 12.6 Å². The van der Waals surface area contributed by atoms with Crippen molar-refractivity contribution in [3.63, 3.8) is 0 Å². The van der Waals surface area contributed by atoms with Crippen LogP contribution < -0.4 is 10.6 Å². The lowest BCUT2D eigenvalue weighted by Crippen LogP contribution is -2.50. The van der Waals surface area contributed by atoms with Gasteiger partial charge in [0.25, 0.3) is 0 Å². The van der Waals surface area contributed by atoms with Gasteiger partial charge in [-0.3, -0.25) is 14.9 Å². The van der Waals surface area contributed by atoms with Crippen LogP contribution in [0, 0.1) is 0 Å². The molecule has 0 unspecified atom stereocenters. The van der Waals surface area contributed by atoms with Gasteiger partial charge in [0.05, 0.1) is 12.1 Å². The molecule has 1 aromatic carbocycles. The van der Waals surface area contributed by atoms with E-state index in [2.05, 4.69) is 15.6 Å². The van der Waals surface area contributed by atoms with Gasteiger partial charge in [0.2, 0.25) is 11.8 Å². The van der Waals surface area contributed by atoms with Gasteiger partial charge in [-0.05, 0) is 24.3 Å². The molecule has 0 spiro atoms. The molecule has 1 aliphatic rings. The molecule has 4 amide bonds. The normalized spacial score (nSPS) is 13.9. The van der Waals surface area contributed by atoms with Crippen LogP contribution in [0.3, 0.4) is 0 Å². The lowest BCUT2D eigenvalue weighted by atomic mass is 10.2. The van der Waals surface area contributed by atoms with Crippen molar-refractivity contribution in [2.75, 3.05) is 36.8 Å². The molecule has 1 aromatic heterocycles. The van der Waals surface area contributed by atoms with Crippen molar-refractivity contribution in [3.8, 4) is 0 Å². The maximum atomic E-state index is 12.4.